The first kappa shape index (κ1) is 22.8. The number of hydrogen-bond acceptors (Lipinski definition) is 3. The van der Waals surface area contributed by atoms with Crippen LogP contribution >= 0.6 is 0 Å². The standard InChI is InChI=1S/C24H30F3N3O2/c1-14(2)20(21(31)30-28-13-18-5-3-4-6-19(18)24(25,26)27)29-22(32)23-10-15-7-16(11-23)9-17(8-15)12-23/h3-6,13-17,20H,7-12H2,1-2H3,(H,29,32)(H,30,31)/b28-13+. The fourth-order valence-electron chi connectivity index (χ4n) is 6.32. The van der Waals surface area contributed by atoms with Crippen LogP contribution in [0.1, 0.15) is 63.5 Å². The Labute approximate surface area is 186 Å². The lowest BCUT2D eigenvalue weighted by Gasteiger charge is -2.55. The molecule has 174 valence electrons. The van der Waals surface area contributed by atoms with Crippen LogP contribution in [0.2, 0.25) is 0 Å². The minimum atomic E-state index is -4.51. The number of benzene rings is 1. The Morgan fingerprint density at radius 2 is 1.62 bits per heavy atom. The average molecular weight is 450 g/mol. The highest BCUT2D eigenvalue weighted by Crippen LogP contribution is 2.60. The summed E-state index contributed by atoms with van der Waals surface area (Å²) in [5.41, 5.74) is 0.976. The third-order valence-electron chi connectivity index (χ3n) is 7.40. The number of amides is 2. The first-order valence-corrected chi connectivity index (χ1v) is 11.4. The number of rotatable bonds is 6. The molecule has 4 bridgehead atoms. The molecule has 4 saturated carbocycles. The molecule has 0 radical (unpaired) electrons. The lowest BCUT2D eigenvalue weighted by Crippen LogP contribution is -2.58. The van der Waals surface area contributed by atoms with Gasteiger partial charge in [0.05, 0.1) is 11.8 Å². The minimum Gasteiger partial charge on any atom is -0.344 e. The second kappa shape index (κ2) is 8.52. The van der Waals surface area contributed by atoms with Crippen LogP contribution in [0.15, 0.2) is 29.4 Å². The first-order chi connectivity index (χ1) is 15.1. The summed E-state index contributed by atoms with van der Waals surface area (Å²) < 4.78 is 39.4. The topological polar surface area (TPSA) is 70.6 Å². The Bertz CT molecular complexity index is 875. The van der Waals surface area contributed by atoms with Gasteiger partial charge in [-0.15, -0.1) is 0 Å². The van der Waals surface area contributed by atoms with Crippen molar-refractivity contribution < 1.29 is 22.8 Å². The molecule has 4 aliphatic carbocycles. The quantitative estimate of drug-likeness (QED) is 0.496. The highest BCUT2D eigenvalue weighted by molar-refractivity contribution is 5.91. The van der Waals surface area contributed by atoms with Crippen molar-refractivity contribution >= 4 is 18.0 Å². The van der Waals surface area contributed by atoms with E-state index in [2.05, 4.69) is 15.8 Å². The van der Waals surface area contributed by atoms with E-state index >= 15 is 0 Å². The number of hydrogen-bond donors (Lipinski definition) is 2. The molecule has 2 N–H and O–H groups in total. The molecule has 5 rings (SSSR count). The van der Waals surface area contributed by atoms with Crippen molar-refractivity contribution in [1.29, 1.82) is 0 Å². The van der Waals surface area contributed by atoms with E-state index in [1.54, 1.807) is 0 Å². The maximum atomic E-state index is 13.3. The van der Waals surface area contributed by atoms with E-state index in [9.17, 15) is 22.8 Å². The van der Waals surface area contributed by atoms with Gasteiger partial charge in [0.25, 0.3) is 5.91 Å². The van der Waals surface area contributed by atoms with Crippen LogP contribution in [0.25, 0.3) is 0 Å². The van der Waals surface area contributed by atoms with E-state index < -0.39 is 23.7 Å². The fraction of sp³-hybridized carbons (Fsp3) is 0.625. The molecule has 1 aromatic carbocycles. The van der Waals surface area contributed by atoms with E-state index in [0.717, 1.165) is 31.5 Å². The first-order valence-electron chi connectivity index (χ1n) is 11.4. The number of alkyl halides is 3. The summed E-state index contributed by atoms with van der Waals surface area (Å²) >= 11 is 0. The van der Waals surface area contributed by atoms with Crippen LogP contribution in [0.3, 0.4) is 0 Å². The minimum absolute atomic E-state index is 0.0585. The molecule has 4 fully saturated rings. The van der Waals surface area contributed by atoms with E-state index in [0.29, 0.717) is 17.8 Å². The second-order valence-electron chi connectivity index (χ2n) is 10.2. The zero-order valence-electron chi connectivity index (χ0n) is 18.4. The summed E-state index contributed by atoms with van der Waals surface area (Å²) in [5.74, 6) is 1.05. The van der Waals surface area contributed by atoms with Gasteiger partial charge in [-0.25, -0.2) is 5.43 Å². The number of halogens is 3. The van der Waals surface area contributed by atoms with E-state index in [1.165, 1.54) is 37.5 Å². The van der Waals surface area contributed by atoms with Crippen LogP contribution in [0.4, 0.5) is 13.2 Å². The Morgan fingerprint density at radius 3 is 2.16 bits per heavy atom. The van der Waals surface area contributed by atoms with Crippen molar-refractivity contribution in [3.05, 3.63) is 35.4 Å². The van der Waals surface area contributed by atoms with Gasteiger partial charge in [-0.3, -0.25) is 9.59 Å². The van der Waals surface area contributed by atoms with Gasteiger partial charge < -0.3 is 5.32 Å². The molecule has 0 aliphatic heterocycles. The van der Waals surface area contributed by atoms with Crippen molar-refractivity contribution in [3.8, 4) is 0 Å². The number of carbonyl (C=O) groups excluding carboxylic acids is 2. The highest BCUT2D eigenvalue weighted by atomic mass is 19.4. The zero-order valence-corrected chi connectivity index (χ0v) is 18.4. The van der Waals surface area contributed by atoms with Crippen molar-refractivity contribution in [3.63, 3.8) is 0 Å². The molecular weight excluding hydrogens is 419 g/mol. The number of nitrogens with zero attached hydrogens (tertiary/aromatic N) is 1. The van der Waals surface area contributed by atoms with Crippen LogP contribution < -0.4 is 10.7 Å². The largest absolute Gasteiger partial charge is 0.417 e. The average Bonchev–Trinajstić information content (AvgIpc) is 2.70. The summed E-state index contributed by atoms with van der Waals surface area (Å²) in [6.07, 6.45) is 2.80. The van der Waals surface area contributed by atoms with Crippen LogP contribution in [-0.4, -0.2) is 24.1 Å². The normalized spacial score (nSPS) is 30.0. The predicted octanol–water partition coefficient (Wildman–Crippen LogP) is 4.51. The third-order valence-corrected chi connectivity index (χ3v) is 7.40. The molecule has 2 amide bonds. The van der Waals surface area contributed by atoms with Crippen LogP contribution in [0.5, 0.6) is 0 Å². The van der Waals surface area contributed by atoms with Crippen LogP contribution in [0, 0.1) is 29.1 Å². The molecule has 0 spiro atoms. The summed E-state index contributed by atoms with van der Waals surface area (Å²) in [6, 6.07) is 4.22. The highest BCUT2D eigenvalue weighted by Gasteiger charge is 2.55. The van der Waals surface area contributed by atoms with Crippen molar-refractivity contribution in [2.75, 3.05) is 0 Å². The molecule has 1 unspecified atom stereocenters. The van der Waals surface area contributed by atoms with Gasteiger partial charge in [-0.1, -0.05) is 32.0 Å². The van der Waals surface area contributed by atoms with Crippen molar-refractivity contribution in [2.45, 2.75) is 64.6 Å². The van der Waals surface area contributed by atoms with Gasteiger partial charge in [-0.05, 0) is 68.3 Å². The molecule has 0 saturated heterocycles. The Balaban J connectivity index is 1.42. The Morgan fingerprint density at radius 1 is 1.06 bits per heavy atom. The molecule has 1 atom stereocenters. The van der Waals surface area contributed by atoms with E-state index in [1.807, 2.05) is 13.8 Å². The third kappa shape index (κ3) is 4.55. The number of carbonyl (C=O) groups is 2. The maximum Gasteiger partial charge on any atom is 0.417 e. The number of nitrogens with one attached hydrogen (secondary N) is 2. The smallest absolute Gasteiger partial charge is 0.344 e. The molecule has 1 aromatic rings. The molecule has 0 heterocycles. The maximum absolute atomic E-state index is 13.3. The summed E-state index contributed by atoms with van der Waals surface area (Å²) in [5, 5.41) is 6.70. The molecule has 8 heteroatoms. The molecule has 4 aliphatic rings. The monoisotopic (exact) mass is 449 g/mol. The Hall–Kier alpha value is -2.38. The van der Waals surface area contributed by atoms with Crippen molar-refractivity contribution in [2.24, 2.45) is 34.2 Å². The van der Waals surface area contributed by atoms with Gasteiger partial charge in [0, 0.05) is 11.0 Å². The van der Waals surface area contributed by atoms with Gasteiger partial charge in [0.15, 0.2) is 0 Å². The fourth-order valence-corrected chi connectivity index (χ4v) is 6.32. The molecule has 5 nitrogen and oxygen atoms in total. The lowest BCUT2D eigenvalue weighted by atomic mass is 9.49. The van der Waals surface area contributed by atoms with Gasteiger partial charge >= 0.3 is 6.18 Å². The van der Waals surface area contributed by atoms with Gasteiger partial charge in [0.2, 0.25) is 5.91 Å². The van der Waals surface area contributed by atoms with E-state index in [4.69, 9.17) is 0 Å². The predicted molar refractivity (Wildman–Crippen MR) is 115 cm³/mol. The van der Waals surface area contributed by atoms with Crippen molar-refractivity contribution in [1.82, 2.24) is 10.7 Å². The van der Waals surface area contributed by atoms with Gasteiger partial charge in [0.1, 0.15) is 6.04 Å². The SMILES string of the molecule is CC(C)C(NC(=O)C12CC3CC(CC(C3)C1)C2)C(=O)N/N=C/c1ccccc1C(F)(F)F. The zero-order chi connectivity index (χ0) is 23.1. The van der Waals surface area contributed by atoms with Crippen LogP contribution in [-0.2, 0) is 15.8 Å². The van der Waals surface area contributed by atoms with Gasteiger partial charge in [-0.2, -0.15) is 18.3 Å². The van der Waals surface area contributed by atoms with E-state index in [-0.39, 0.29) is 22.8 Å². The summed E-state index contributed by atoms with van der Waals surface area (Å²) in [4.78, 5) is 26.1. The number of hydrazone groups is 1. The molecular formula is C24H30F3N3O2. The lowest BCUT2D eigenvalue weighted by molar-refractivity contribution is -0.149. The summed E-state index contributed by atoms with van der Waals surface area (Å²) in [6.45, 7) is 3.65. The summed E-state index contributed by atoms with van der Waals surface area (Å²) in [7, 11) is 0. The Kier molecular flexibility index (Phi) is 6.07. The molecule has 0 aromatic heterocycles. The second-order valence-corrected chi connectivity index (χ2v) is 10.2. The molecule has 32 heavy (non-hydrogen) atoms.